The fourth-order valence-corrected chi connectivity index (χ4v) is 1.76. The lowest BCUT2D eigenvalue weighted by Gasteiger charge is -2.16. The Morgan fingerprint density at radius 1 is 1.48 bits per heavy atom. The molecule has 1 N–H and O–H groups in total. The molecule has 0 saturated carbocycles. The molecule has 0 aliphatic rings. The first-order chi connectivity index (χ1) is 9.88. The molecule has 1 atom stereocenters. The summed E-state index contributed by atoms with van der Waals surface area (Å²) in [5.41, 5.74) is -0.934. The van der Waals surface area contributed by atoms with Gasteiger partial charge in [-0.15, -0.1) is 0 Å². The van der Waals surface area contributed by atoms with Crippen molar-refractivity contribution in [1.29, 1.82) is 0 Å². The predicted molar refractivity (Wildman–Crippen MR) is 70.6 cm³/mol. The summed E-state index contributed by atoms with van der Waals surface area (Å²) in [6.07, 6.45) is -2.04. The second kappa shape index (κ2) is 8.02. The van der Waals surface area contributed by atoms with E-state index >= 15 is 0 Å². The van der Waals surface area contributed by atoms with Crippen molar-refractivity contribution in [3.63, 3.8) is 0 Å². The van der Waals surface area contributed by atoms with Crippen LogP contribution in [0.3, 0.4) is 0 Å². The smallest absolute Gasteiger partial charge is 0.435 e. The van der Waals surface area contributed by atoms with Gasteiger partial charge in [0.25, 0.3) is 0 Å². The Morgan fingerprint density at radius 3 is 2.71 bits per heavy atom. The average Bonchev–Trinajstić information content (AvgIpc) is 2.88. The molecule has 8 heteroatoms. The van der Waals surface area contributed by atoms with Crippen LogP contribution in [0, 0.1) is 0 Å². The van der Waals surface area contributed by atoms with Crippen LogP contribution in [0.1, 0.15) is 32.4 Å². The van der Waals surface area contributed by atoms with Gasteiger partial charge in [0.2, 0.25) is 0 Å². The maximum absolute atomic E-state index is 12.4. The maximum atomic E-state index is 12.4. The first-order valence-corrected chi connectivity index (χ1v) is 6.89. The Bertz CT molecular complexity index is 446. The Labute approximate surface area is 121 Å². The van der Waals surface area contributed by atoms with Gasteiger partial charge in [0, 0.05) is 12.7 Å². The average molecular weight is 307 g/mol. The van der Waals surface area contributed by atoms with Crippen LogP contribution >= 0.6 is 0 Å². The summed E-state index contributed by atoms with van der Waals surface area (Å²) in [7, 11) is 0. The van der Waals surface area contributed by atoms with Crippen LogP contribution in [0.15, 0.2) is 12.3 Å². The zero-order valence-corrected chi connectivity index (χ0v) is 12.1. The van der Waals surface area contributed by atoms with Crippen LogP contribution in [-0.2, 0) is 22.3 Å². The molecule has 1 unspecified atom stereocenters. The van der Waals surface area contributed by atoms with Gasteiger partial charge in [-0.1, -0.05) is 6.92 Å². The van der Waals surface area contributed by atoms with Gasteiger partial charge in [0.15, 0.2) is 5.69 Å². The lowest BCUT2D eigenvalue weighted by molar-refractivity contribution is -0.146. The monoisotopic (exact) mass is 307 g/mol. The van der Waals surface area contributed by atoms with Gasteiger partial charge in [-0.25, -0.2) is 0 Å². The molecule has 5 nitrogen and oxygen atoms in total. The van der Waals surface area contributed by atoms with Crippen molar-refractivity contribution >= 4 is 5.97 Å². The Balaban J connectivity index is 2.59. The lowest BCUT2D eigenvalue weighted by atomic mass is 10.2. The first kappa shape index (κ1) is 17.5. The van der Waals surface area contributed by atoms with Crippen molar-refractivity contribution in [2.75, 3.05) is 13.2 Å². The highest BCUT2D eigenvalue weighted by molar-refractivity contribution is 5.75. The van der Waals surface area contributed by atoms with Gasteiger partial charge in [0.05, 0.1) is 6.61 Å². The number of hydrogen-bond donors (Lipinski definition) is 1. The van der Waals surface area contributed by atoms with E-state index in [4.69, 9.17) is 4.74 Å². The summed E-state index contributed by atoms with van der Waals surface area (Å²) in [5, 5.41) is 6.47. The van der Waals surface area contributed by atoms with E-state index in [1.165, 1.54) is 10.9 Å². The third kappa shape index (κ3) is 5.74. The minimum atomic E-state index is -4.45. The van der Waals surface area contributed by atoms with E-state index in [0.29, 0.717) is 13.0 Å². The number of carbonyl (C=O) groups excluding carboxylic acids is 1. The zero-order chi connectivity index (χ0) is 15.9. The second-order valence-corrected chi connectivity index (χ2v) is 4.51. The molecule has 0 bridgehead atoms. The number of halogens is 3. The number of rotatable bonds is 8. The third-order valence-electron chi connectivity index (χ3n) is 2.79. The van der Waals surface area contributed by atoms with Gasteiger partial charge in [-0.2, -0.15) is 18.3 Å². The SMILES string of the molecule is CCCNC(CCn1ccc(C(F)(F)F)n1)C(=O)OCC. The van der Waals surface area contributed by atoms with E-state index in [1.807, 2.05) is 6.92 Å². The highest BCUT2D eigenvalue weighted by Gasteiger charge is 2.33. The second-order valence-electron chi connectivity index (χ2n) is 4.51. The normalized spacial score (nSPS) is 13.2. The molecular weight excluding hydrogens is 287 g/mol. The predicted octanol–water partition coefficient (Wildman–Crippen LogP) is 2.22. The summed E-state index contributed by atoms with van der Waals surface area (Å²) in [6, 6.07) is 0.377. The Morgan fingerprint density at radius 2 is 2.19 bits per heavy atom. The standard InChI is InChI=1S/C13H20F3N3O2/c1-3-7-17-10(12(20)21-4-2)5-8-19-9-6-11(18-19)13(14,15)16/h6,9-10,17H,3-5,7-8H2,1-2H3. The molecule has 1 aromatic heterocycles. The molecule has 1 rings (SSSR count). The Hall–Kier alpha value is -1.57. The van der Waals surface area contributed by atoms with Gasteiger partial charge in [-0.05, 0) is 32.4 Å². The number of hydrogen-bond acceptors (Lipinski definition) is 4. The zero-order valence-electron chi connectivity index (χ0n) is 12.1. The van der Waals surface area contributed by atoms with E-state index in [1.54, 1.807) is 6.92 Å². The number of esters is 1. The highest BCUT2D eigenvalue weighted by atomic mass is 19.4. The molecule has 0 fully saturated rings. The summed E-state index contributed by atoms with van der Waals surface area (Å²) in [6.45, 7) is 4.77. The largest absolute Gasteiger partial charge is 0.465 e. The molecule has 1 aromatic rings. The van der Waals surface area contributed by atoms with Crippen LogP contribution in [0.25, 0.3) is 0 Å². The lowest BCUT2D eigenvalue weighted by Crippen LogP contribution is -2.39. The van der Waals surface area contributed by atoms with Crippen molar-refractivity contribution in [2.45, 2.75) is 45.5 Å². The van der Waals surface area contributed by atoms with Crippen molar-refractivity contribution in [2.24, 2.45) is 0 Å². The fourth-order valence-electron chi connectivity index (χ4n) is 1.76. The van der Waals surface area contributed by atoms with E-state index < -0.39 is 23.9 Å². The number of aromatic nitrogens is 2. The fraction of sp³-hybridized carbons (Fsp3) is 0.692. The van der Waals surface area contributed by atoms with Gasteiger partial charge in [0.1, 0.15) is 6.04 Å². The van der Waals surface area contributed by atoms with Gasteiger partial charge >= 0.3 is 12.1 Å². The van der Waals surface area contributed by atoms with Crippen molar-refractivity contribution in [1.82, 2.24) is 15.1 Å². The van der Waals surface area contributed by atoms with Crippen LogP contribution in [0.2, 0.25) is 0 Å². The van der Waals surface area contributed by atoms with E-state index in [-0.39, 0.29) is 13.2 Å². The molecule has 120 valence electrons. The van der Waals surface area contributed by atoms with Gasteiger partial charge in [-0.3, -0.25) is 9.48 Å². The molecule has 0 aromatic carbocycles. The summed E-state index contributed by atoms with van der Waals surface area (Å²) < 4.78 is 43.4. The van der Waals surface area contributed by atoms with Crippen molar-refractivity contribution < 1.29 is 22.7 Å². The molecule has 0 saturated heterocycles. The van der Waals surface area contributed by atoms with E-state index in [0.717, 1.165) is 12.5 Å². The van der Waals surface area contributed by atoms with Crippen LogP contribution < -0.4 is 5.32 Å². The Kier molecular flexibility index (Phi) is 6.67. The third-order valence-corrected chi connectivity index (χ3v) is 2.79. The minimum Gasteiger partial charge on any atom is -0.465 e. The van der Waals surface area contributed by atoms with E-state index in [2.05, 4.69) is 10.4 Å². The number of alkyl halides is 3. The number of nitrogens with one attached hydrogen (secondary N) is 1. The number of aryl methyl sites for hydroxylation is 1. The molecule has 0 amide bonds. The molecule has 0 aliphatic heterocycles. The summed E-state index contributed by atoms with van der Waals surface area (Å²) in [5.74, 6) is -0.394. The highest BCUT2D eigenvalue weighted by Crippen LogP contribution is 2.27. The number of ether oxygens (including phenoxy) is 1. The molecule has 21 heavy (non-hydrogen) atoms. The van der Waals surface area contributed by atoms with Crippen LogP contribution in [0.4, 0.5) is 13.2 Å². The van der Waals surface area contributed by atoms with Crippen molar-refractivity contribution in [3.05, 3.63) is 18.0 Å². The summed E-state index contributed by atoms with van der Waals surface area (Å²) >= 11 is 0. The van der Waals surface area contributed by atoms with Gasteiger partial charge < -0.3 is 10.1 Å². The topological polar surface area (TPSA) is 56.2 Å². The first-order valence-electron chi connectivity index (χ1n) is 6.89. The minimum absolute atomic E-state index is 0.205. The molecular formula is C13H20F3N3O2. The summed E-state index contributed by atoms with van der Waals surface area (Å²) in [4.78, 5) is 11.7. The van der Waals surface area contributed by atoms with Crippen LogP contribution in [-0.4, -0.2) is 34.9 Å². The molecule has 0 spiro atoms. The molecule has 0 radical (unpaired) electrons. The molecule has 1 heterocycles. The van der Waals surface area contributed by atoms with Crippen molar-refractivity contribution in [3.8, 4) is 0 Å². The maximum Gasteiger partial charge on any atom is 0.435 e. The number of carbonyl (C=O) groups is 1. The van der Waals surface area contributed by atoms with Crippen LogP contribution in [0.5, 0.6) is 0 Å². The molecule has 0 aliphatic carbocycles. The number of nitrogens with zero attached hydrogens (tertiary/aromatic N) is 2. The quantitative estimate of drug-likeness (QED) is 0.748. The van der Waals surface area contributed by atoms with E-state index in [9.17, 15) is 18.0 Å².